The number of likely N-dealkylation sites (tertiary alicyclic amines) is 1. The highest BCUT2D eigenvalue weighted by Gasteiger charge is 2.46. The van der Waals surface area contributed by atoms with Crippen LogP contribution in [0, 0.1) is 6.92 Å². The van der Waals surface area contributed by atoms with E-state index in [1.807, 2.05) is 52.3 Å². The van der Waals surface area contributed by atoms with Crippen LogP contribution in [0.15, 0.2) is 83.4 Å². The van der Waals surface area contributed by atoms with Crippen molar-refractivity contribution in [3.05, 3.63) is 107 Å². The second kappa shape index (κ2) is 9.32. The van der Waals surface area contributed by atoms with Gasteiger partial charge >= 0.3 is 0 Å². The molecule has 3 aromatic carbocycles. The van der Waals surface area contributed by atoms with Crippen LogP contribution in [0.3, 0.4) is 0 Å². The number of aromatic nitrogens is 2. The van der Waals surface area contributed by atoms with Gasteiger partial charge in [-0.25, -0.2) is 0 Å². The van der Waals surface area contributed by atoms with E-state index in [2.05, 4.69) is 34.4 Å². The van der Waals surface area contributed by atoms with E-state index in [9.17, 15) is 9.59 Å². The molecule has 0 N–H and O–H groups in total. The molecule has 37 heavy (non-hydrogen) atoms. The second-order valence-corrected chi connectivity index (χ2v) is 9.89. The van der Waals surface area contributed by atoms with Gasteiger partial charge in [0.05, 0.1) is 5.41 Å². The predicted molar refractivity (Wildman–Crippen MR) is 138 cm³/mol. The summed E-state index contributed by atoms with van der Waals surface area (Å²) < 4.78 is 5.22. The van der Waals surface area contributed by atoms with Gasteiger partial charge in [0.15, 0.2) is 5.82 Å². The van der Waals surface area contributed by atoms with Crippen LogP contribution in [0.2, 0.25) is 0 Å². The van der Waals surface area contributed by atoms with Gasteiger partial charge in [-0.2, -0.15) is 4.98 Å². The molecule has 0 saturated carbocycles. The van der Waals surface area contributed by atoms with Crippen LogP contribution in [-0.4, -0.2) is 44.8 Å². The van der Waals surface area contributed by atoms with Gasteiger partial charge in [-0.05, 0) is 60.7 Å². The molecule has 0 aliphatic carbocycles. The van der Waals surface area contributed by atoms with E-state index in [1.165, 1.54) is 11.1 Å². The Hall–Kier alpha value is -4.26. The van der Waals surface area contributed by atoms with Gasteiger partial charge in [0, 0.05) is 37.3 Å². The molecular formula is C30H28N4O3. The lowest BCUT2D eigenvalue weighted by Crippen LogP contribution is -2.53. The van der Waals surface area contributed by atoms with Gasteiger partial charge < -0.3 is 14.3 Å². The van der Waals surface area contributed by atoms with Crippen LogP contribution < -0.4 is 0 Å². The molecule has 0 atom stereocenters. The quantitative estimate of drug-likeness (QED) is 0.410. The summed E-state index contributed by atoms with van der Waals surface area (Å²) in [5.41, 5.74) is 4.20. The summed E-state index contributed by atoms with van der Waals surface area (Å²) in [5.74, 6) is 1.12. The van der Waals surface area contributed by atoms with Gasteiger partial charge in [0.25, 0.3) is 11.8 Å². The average molecular weight is 493 g/mol. The fourth-order valence-corrected chi connectivity index (χ4v) is 5.61. The van der Waals surface area contributed by atoms with E-state index in [1.54, 1.807) is 19.1 Å². The molecule has 0 bridgehead atoms. The maximum atomic E-state index is 14.1. The maximum absolute atomic E-state index is 14.1. The second-order valence-electron chi connectivity index (χ2n) is 9.89. The van der Waals surface area contributed by atoms with E-state index >= 15 is 0 Å². The van der Waals surface area contributed by atoms with Crippen LogP contribution in [0.25, 0.3) is 11.5 Å². The zero-order valence-corrected chi connectivity index (χ0v) is 20.8. The first-order valence-corrected chi connectivity index (χ1v) is 12.7. The number of rotatable bonds is 4. The van der Waals surface area contributed by atoms with E-state index in [-0.39, 0.29) is 11.8 Å². The zero-order chi connectivity index (χ0) is 25.4. The number of carbonyl (C=O) groups excluding carboxylic acids is 2. The lowest BCUT2D eigenvalue weighted by Gasteiger charge is -2.43. The number of carbonyl (C=O) groups is 2. The normalized spacial score (nSPS) is 16.5. The Kier molecular flexibility index (Phi) is 5.83. The minimum atomic E-state index is -0.639. The van der Waals surface area contributed by atoms with Crippen LogP contribution in [-0.2, 0) is 23.3 Å². The summed E-state index contributed by atoms with van der Waals surface area (Å²) in [6.45, 7) is 4.08. The number of amides is 2. The van der Waals surface area contributed by atoms with Gasteiger partial charge in [0.1, 0.15) is 0 Å². The molecule has 7 nitrogen and oxygen atoms in total. The largest absolute Gasteiger partial charge is 0.339 e. The number of aryl methyl sites for hydroxylation is 1. The summed E-state index contributed by atoms with van der Waals surface area (Å²) in [6, 6.07) is 25.6. The fourth-order valence-electron chi connectivity index (χ4n) is 5.61. The fraction of sp³-hybridized carbons (Fsp3) is 0.267. The van der Waals surface area contributed by atoms with Crippen molar-refractivity contribution in [3.8, 4) is 11.5 Å². The number of hydrogen-bond donors (Lipinski definition) is 0. The van der Waals surface area contributed by atoms with E-state index < -0.39 is 5.41 Å². The van der Waals surface area contributed by atoms with Crippen LogP contribution in [0.1, 0.15) is 45.7 Å². The van der Waals surface area contributed by atoms with E-state index in [0.717, 1.165) is 11.1 Å². The monoisotopic (exact) mass is 492 g/mol. The van der Waals surface area contributed by atoms with Crippen molar-refractivity contribution in [1.82, 2.24) is 19.9 Å². The first-order valence-electron chi connectivity index (χ1n) is 12.7. The number of piperidine rings is 1. The molecule has 6 rings (SSSR count). The molecule has 1 aromatic heterocycles. The molecule has 2 aliphatic heterocycles. The summed E-state index contributed by atoms with van der Waals surface area (Å²) in [7, 11) is 0. The smallest absolute Gasteiger partial charge is 0.257 e. The van der Waals surface area contributed by atoms with Crippen LogP contribution >= 0.6 is 0 Å². The first-order chi connectivity index (χ1) is 18.0. The minimum absolute atomic E-state index is 0.0315. The summed E-state index contributed by atoms with van der Waals surface area (Å²) in [5, 5.41) is 3.82. The molecule has 3 heterocycles. The zero-order valence-electron chi connectivity index (χ0n) is 20.8. The molecule has 7 heteroatoms. The molecule has 0 unspecified atom stereocenters. The molecule has 0 radical (unpaired) electrons. The molecule has 0 spiro atoms. The molecule has 2 aliphatic rings. The van der Waals surface area contributed by atoms with Crippen molar-refractivity contribution >= 4 is 11.8 Å². The summed E-state index contributed by atoms with van der Waals surface area (Å²) >= 11 is 0. The standard InChI is InChI=1S/C30H28N4O3/c1-21-31-27(37-32-21)22-11-13-23(14-12-22)28(35)33-17-15-30(16-18-33,26-9-3-2-4-10-26)29(36)34-19-24-7-5-6-8-25(24)20-34/h2-14H,15-20H2,1H3. The third-order valence-electron chi connectivity index (χ3n) is 7.67. The van der Waals surface area contributed by atoms with Gasteiger partial charge in [-0.1, -0.05) is 59.8 Å². The average Bonchev–Trinajstić information content (AvgIpc) is 3.59. The highest BCUT2D eigenvalue weighted by molar-refractivity contribution is 5.95. The maximum Gasteiger partial charge on any atom is 0.257 e. The number of fused-ring (bicyclic) bond motifs is 1. The number of benzene rings is 3. The van der Waals surface area contributed by atoms with E-state index in [0.29, 0.717) is 56.3 Å². The topological polar surface area (TPSA) is 79.5 Å². The predicted octanol–water partition coefficient (Wildman–Crippen LogP) is 4.76. The SMILES string of the molecule is Cc1noc(-c2ccc(C(=O)N3CCC(C(=O)N4Cc5ccccc5C4)(c4ccccc4)CC3)cc2)n1. The van der Waals surface area contributed by atoms with Crippen LogP contribution in [0.4, 0.5) is 0 Å². The Morgan fingerprint density at radius 3 is 2.03 bits per heavy atom. The summed E-state index contributed by atoms with van der Waals surface area (Å²) in [6.07, 6.45) is 1.18. The Morgan fingerprint density at radius 2 is 1.43 bits per heavy atom. The van der Waals surface area contributed by atoms with E-state index in [4.69, 9.17) is 4.52 Å². The Bertz CT molecular complexity index is 1410. The lowest BCUT2D eigenvalue weighted by atomic mass is 9.71. The van der Waals surface area contributed by atoms with Gasteiger partial charge in [-0.3, -0.25) is 9.59 Å². The van der Waals surface area contributed by atoms with Gasteiger partial charge in [0.2, 0.25) is 5.91 Å². The Labute approximate surface area is 215 Å². The third kappa shape index (κ3) is 4.20. The Balaban J connectivity index is 1.20. The van der Waals surface area contributed by atoms with Gasteiger partial charge in [-0.15, -0.1) is 0 Å². The van der Waals surface area contributed by atoms with Crippen molar-refractivity contribution in [2.45, 2.75) is 38.3 Å². The molecule has 4 aromatic rings. The molecule has 1 fully saturated rings. The molecule has 2 amide bonds. The van der Waals surface area contributed by atoms with Crippen molar-refractivity contribution in [3.63, 3.8) is 0 Å². The number of nitrogens with zero attached hydrogens (tertiary/aromatic N) is 4. The lowest BCUT2D eigenvalue weighted by molar-refractivity contribution is -0.140. The van der Waals surface area contributed by atoms with Crippen molar-refractivity contribution in [2.24, 2.45) is 0 Å². The molecular weight excluding hydrogens is 464 g/mol. The number of hydrogen-bond acceptors (Lipinski definition) is 5. The van der Waals surface area contributed by atoms with Crippen molar-refractivity contribution in [2.75, 3.05) is 13.1 Å². The third-order valence-corrected chi connectivity index (χ3v) is 7.67. The Morgan fingerprint density at radius 1 is 0.811 bits per heavy atom. The molecule has 186 valence electrons. The first kappa shape index (κ1) is 23.2. The van der Waals surface area contributed by atoms with Crippen LogP contribution in [0.5, 0.6) is 0 Å². The minimum Gasteiger partial charge on any atom is -0.339 e. The molecule has 1 saturated heterocycles. The highest BCUT2D eigenvalue weighted by Crippen LogP contribution is 2.40. The van der Waals surface area contributed by atoms with Crippen molar-refractivity contribution in [1.29, 1.82) is 0 Å². The van der Waals surface area contributed by atoms with Crippen molar-refractivity contribution < 1.29 is 14.1 Å². The highest BCUT2D eigenvalue weighted by atomic mass is 16.5. The summed E-state index contributed by atoms with van der Waals surface area (Å²) in [4.78, 5) is 35.6.